The van der Waals surface area contributed by atoms with Gasteiger partial charge >= 0.3 is 0 Å². The van der Waals surface area contributed by atoms with E-state index in [2.05, 4.69) is 4.98 Å². The second-order valence-corrected chi connectivity index (χ2v) is 5.34. The lowest BCUT2D eigenvalue weighted by Gasteiger charge is -2.30. The van der Waals surface area contributed by atoms with Gasteiger partial charge in [-0.15, -0.1) is 0 Å². The number of hydrogen-bond acceptors (Lipinski definition) is 3. The molecule has 1 N–H and O–H groups in total. The number of benzene rings is 1. The van der Waals surface area contributed by atoms with Gasteiger partial charge in [0, 0.05) is 17.1 Å². The summed E-state index contributed by atoms with van der Waals surface area (Å²) in [6.45, 7) is 0. The van der Waals surface area contributed by atoms with Crippen molar-refractivity contribution in [3.8, 4) is 0 Å². The van der Waals surface area contributed by atoms with Crippen LogP contribution in [0.4, 0.5) is 0 Å². The van der Waals surface area contributed by atoms with E-state index in [-0.39, 0.29) is 5.78 Å². The molecule has 3 nitrogen and oxygen atoms in total. The zero-order valence-corrected chi connectivity index (χ0v) is 10.8. The van der Waals surface area contributed by atoms with E-state index >= 15 is 0 Å². The Labute approximate surface area is 112 Å². The van der Waals surface area contributed by atoms with Crippen molar-refractivity contribution in [3.63, 3.8) is 0 Å². The molecule has 3 heteroatoms. The maximum absolute atomic E-state index is 12.5. The van der Waals surface area contributed by atoms with Crippen molar-refractivity contribution in [1.29, 1.82) is 0 Å². The molecule has 0 amide bonds. The van der Waals surface area contributed by atoms with Crippen LogP contribution in [0.1, 0.15) is 42.5 Å². The SMILES string of the molecule is O=C(c1cnc2ccccc2c1)C1(O)CCCCC1. The van der Waals surface area contributed by atoms with Gasteiger partial charge in [-0.25, -0.2) is 0 Å². The highest BCUT2D eigenvalue weighted by Gasteiger charge is 2.37. The van der Waals surface area contributed by atoms with Crippen LogP contribution in [-0.4, -0.2) is 21.5 Å². The van der Waals surface area contributed by atoms with Gasteiger partial charge in [0.25, 0.3) is 0 Å². The van der Waals surface area contributed by atoms with Crippen molar-refractivity contribution in [3.05, 3.63) is 42.1 Å². The molecule has 1 aliphatic carbocycles. The molecule has 0 saturated heterocycles. The fraction of sp³-hybridized carbons (Fsp3) is 0.375. The highest BCUT2D eigenvalue weighted by atomic mass is 16.3. The number of ketones is 1. The summed E-state index contributed by atoms with van der Waals surface area (Å²) >= 11 is 0. The molecular formula is C16H17NO2. The van der Waals surface area contributed by atoms with Crippen LogP contribution >= 0.6 is 0 Å². The predicted molar refractivity (Wildman–Crippen MR) is 74.1 cm³/mol. The second-order valence-electron chi connectivity index (χ2n) is 5.34. The fourth-order valence-corrected chi connectivity index (χ4v) is 2.83. The zero-order chi connectivity index (χ0) is 13.3. The Hall–Kier alpha value is -1.74. The summed E-state index contributed by atoms with van der Waals surface area (Å²) in [7, 11) is 0. The Kier molecular flexibility index (Phi) is 3.07. The Bertz CT molecular complexity index is 615. The van der Waals surface area contributed by atoms with E-state index in [4.69, 9.17) is 0 Å². The van der Waals surface area contributed by atoms with E-state index in [9.17, 15) is 9.90 Å². The molecule has 1 fully saturated rings. The monoisotopic (exact) mass is 255 g/mol. The van der Waals surface area contributed by atoms with Crippen molar-refractivity contribution >= 4 is 16.7 Å². The van der Waals surface area contributed by atoms with Crippen LogP contribution in [0, 0.1) is 0 Å². The van der Waals surface area contributed by atoms with Crippen molar-refractivity contribution < 1.29 is 9.90 Å². The number of Topliss-reactive ketones (excluding diaryl/α,β-unsaturated/α-hetero) is 1. The number of rotatable bonds is 2. The number of carbonyl (C=O) groups excluding carboxylic acids is 1. The fourth-order valence-electron chi connectivity index (χ4n) is 2.83. The molecule has 0 radical (unpaired) electrons. The lowest BCUT2D eigenvalue weighted by molar-refractivity contribution is 0.0116. The first kappa shape index (κ1) is 12.3. The van der Waals surface area contributed by atoms with Gasteiger partial charge in [0.2, 0.25) is 0 Å². The van der Waals surface area contributed by atoms with Crippen molar-refractivity contribution in [2.75, 3.05) is 0 Å². The minimum atomic E-state index is -1.18. The number of carbonyl (C=O) groups is 1. The molecule has 1 heterocycles. The minimum Gasteiger partial charge on any atom is -0.382 e. The van der Waals surface area contributed by atoms with Crippen molar-refractivity contribution in [2.45, 2.75) is 37.7 Å². The Balaban J connectivity index is 1.97. The molecule has 1 aromatic carbocycles. The summed E-state index contributed by atoms with van der Waals surface area (Å²) in [5.74, 6) is -0.176. The molecule has 1 aliphatic rings. The third kappa shape index (κ3) is 2.26. The summed E-state index contributed by atoms with van der Waals surface area (Å²) < 4.78 is 0. The highest BCUT2D eigenvalue weighted by molar-refractivity contribution is 6.04. The molecule has 2 aromatic rings. The third-order valence-electron chi connectivity index (χ3n) is 3.96. The topological polar surface area (TPSA) is 50.2 Å². The van der Waals surface area contributed by atoms with Crippen LogP contribution in [0.15, 0.2) is 36.5 Å². The quantitative estimate of drug-likeness (QED) is 0.839. The summed E-state index contributed by atoms with van der Waals surface area (Å²) in [6, 6.07) is 9.53. The van der Waals surface area contributed by atoms with Crippen molar-refractivity contribution in [2.24, 2.45) is 0 Å². The summed E-state index contributed by atoms with van der Waals surface area (Å²) in [4.78, 5) is 16.8. The Morgan fingerprint density at radius 1 is 1.16 bits per heavy atom. The van der Waals surface area contributed by atoms with Crippen LogP contribution in [0.3, 0.4) is 0 Å². The van der Waals surface area contributed by atoms with Gasteiger partial charge in [-0.3, -0.25) is 9.78 Å². The van der Waals surface area contributed by atoms with Gasteiger partial charge < -0.3 is 5.11 Å². The van der Waals surface area contributed by atoms with Crippen molar-refractivity contribution in [1.82, 2.24) is 4.98 Å². The second kappa shape index (κ2) is 4.74. The molecular weight excluding hydrogens is 238 g/mol. The molecule has 19 heavy (non-hydrogen) atoms. The molecule has 0 unspecified atom stereocenters. The third-order valence-corrected chi connectivity index (χ3v) is 3.96. The Morgan fingerprint density at radius 2 is 1.89 bits per heavy atom. The van der Waals surface area contributed by atoms with E-state index in [0.717, 1.165) is 30.2 Å². The molecule has 98 valence electrons. The van der Waals surface area contributed by atoms with E-state index in [1.165, 1.54) is 0 Å². The molecule has 1 saturated carbocycles. The number of aliphatic hydroxyl groups is 1. The first-order valence-electron chi connectivity index (χ1n) is 6.81. The number of nitrogens with zero attached hydrogens (tertiary/aromatic N) is 1. The maximum atomic E-state index is 12.5. The van der Waals surface area contributed by atoms with Crippen LogP contribution in [0.5, 0.6) is 0 Å². The number of hydrogen-bond donors (Lipinski definition) is 1. The van der Waals surface area contributed by atoms with Crippen LogP contribution in [0.2, 0.25) is 0 Å². The van der Waals surface area contributed by atoms with Crippen LogP contribution in [-0.2, 0) is 0 Å². The highest BCUT2D eigenvalue weighted by Crippen LogP contribution is 2.31. The lowest BCUT2D eigenvalue weighted by atomic mass is 9.80. The van der Waals surface area contributed by atoms with Gasteiger partial charge in [0.1, 0.15) is 5.60 Å². The van der Waals surface area contributed by atoms with Gasteiger partial charge in [-0.1, -0.05) is 37.5 Å². The number of aromatic nitrogens is 1. The first-order chi connectivity index (χ1) is 9.19. The van der Waals surface area contributed by atoms with E-state index in [1.54, 1.807) is 6.20 Å². The van der Waals surface area contributed by atoms with Crippen LogP contribution in [0.25, 0.3) is 10.9 Å². The maximum Gasteiger partial charge on any atom is 0.195 e. The minimum absolute atomic E-state index is 0.176. The number of fused-ring (bicyclic) bond motifs is 1. The normalized spacial score (nSPS) is 18.4. The van der Waals surface area contributed by atoms with E-state index in [1.807, 2.05) is 30.3 Å². The summed E-state index contributed by atoms with van der Waals surface area (Å²) in [5.41, 5.74) is 0.209. The van der Waals surface area contributed by atoms with E-state index in [0.29, 0.717) is 18.4 Å². The Morgan fingerprint density at radius 3 is 2.68 bits per heavy atom. The van der Waals surface area contributed by atoms with Gasteiger partial charge in [-0.2, -0.15) is 0 Å². The molecule has 0 aliphatic heterocycles. The van der Waals surface area contributed by atoms with Gasteiger partial charge in [0.05, 0.1) is 5.52 Å². The summed E-state index contributed by atoms with van der Waals surface area (Å²) in [6.07, 6.45) is 5.66. The average Bonchev–Trinajstić information content (AvgIpc) is 2.47. The standard InChI is InChI=1S/C16H17NO2/c18-15(16(19)8-4-1-5-9-16)13-10-12-6-2-3-7-14(12)17-11-13/h2-3,6-7,10-11,19H,1,4-5,8-9H2. The largest absolute Gasteiger partial charge is 0.382 e. The first-order valence-corrected chi connectivity index (χ1v) is 6.81. The molecule has 0 atom stereocenters. The molecule has 3 rings (SSSR count). The van der Waals surface area contributed by atoms with Gasteiger partial charge in [0.15, 0.2) is 5.78 Å². The molecule has 0 bridgehead atoms. The van der Waals surface area contributed by atoms with Crippen LogP contribution < -0.4 is 0 Å². The zero-order valence-electron chi connectivity index (χ0n) is 10.8. The molecule has 0 spiro atoms. The van der Waals surface area contributed by atoms with Gasteiger partial charge in [-0.05, 0) is 25.0 Å². The average molecular weight is 255 g/mol. The summed E-state index contributed by atoms with van der Waals surface area (Å²) in [5, 5.41) is 11.4. The predicted octanol–water partition coefficient (Wildman–Crippen LogP) is 3.11. The number of pyridine rings is 1. The number of para-hydroxylation sites is 1. The lowest BCUT2D eigenvalue weighted by Crippen LogP contribution is -2.40. The van der Waals surface area contributed by atoms with E-state index < -0.39 is 5.60 Å². The smallest absolute Gasteiger partial charge is 0.195 e. The molecule has 1 aromatic heterocycles.